The van der Waals surface area contributed by atoms with Gasteiger partial charge in [-0.25, -0.2) is 4.39 Å². The molecule has 0 heterocycles. The van der Waals surface area contributed by atoms with Crippen molar-refractivity contribution in [2.24, 2.45) is 0 Å². The van der Waals surface area contributed by atoms with Crippen molar-refractivity contribution in [3.05, 3.63) is 124 Å². The molecule has 4 aromatic rings. The fourth-order valence-electron chi connectivity index (χ4n) is 3.64. The molecule has 0 bridgehead atoms. The zero-order valence-electron chi connectivity index (χ0n) is 21.8. The standard InChI is InChI=1S/C31H25BrFN3O4S/c1-40-28-10-6-5-9-21(28)17-27(36-30(38)20-7-3-2-4-8-20)31(39)34-23-12-14-24(15-13-23)41-19-29(37)35-26-16-11-22(32)18-25(26)33/h2-18H,19H2,1H3,(H,34,39)(H,35,37)(H,36,38)/b27-17-. The Morgan fingerprint density at radius 3 is 2.32 bits per heavy atom. The monoisotopic (exact) mass is 633 g/mol. The Morgan fingerprint density at radius 2 is 1.61 bits per heavy atom. The number of amides is 3. The predicted octanol–water partition coefficient (Wildman–Crippen LogP) is 6.74. The van der Waals surface area contributed by atoms with E-state index < -0.39 is 17.6 Å². The van der Waals surface area contributed by atoms with Crippen LogP contribution in [0.15, 0.2) is 112 Å². The van der Waals surface area contributed by atoms with Crippen LogP contribution in [-0.4, -0.2) is 30.6 Å². The number of anilines is 2. The van der Waals surface area contributed by atoms with E-state index in [4.69, 9.17) is 4.74 Å². The van der Waals surface area contributed by atoms with E-state index in [-0.39, 0.29) is 23.0 Å². The van der Waals surface area contributed by atoms with Crippen LogP contribution in [0.5, 0.6) is 5.75 Å². The maximum absolute atomic E-state index is 14.0. The molecule has 0 saturated carbocycles. The van der Waals surface area contributed by atoms with E-state index in [2.05, 4.69) is 31.9 Å². The van der Waals surface area contributed by atoms with Crippen molar-refractivity contribution in [1.82, 2.24) is 5.32 Å². The summed E-state index contributed by atoms with van der Waals surface area (Å²) in [5.41, 5.74) is 1.63. The second-order valence-corrected chi connectivity index (χ2v) is 10.5. The maximum atomic E-state index is 14.0. The van der Waals surface area contributed by atoms with Crippen molar-refractivity contribution in [2.45, 2.75) is 4.90 Å². The minimum absolute atomic E-state index is 0.0265. The summed E-state index contributed by atoms with van der Waals surface area (Å²) >= 11 is 4.45. The van der Waals surface area contributed by atoms with Gasteiger partial charge in [-0.05, 0) is 66.7 Å². The summed E-state index contributed by atoms with van der Waals surface area (Å²) in [5.74, 6) is -1.24. The summed E-state index contributed by atoms with van der Waals surface area (Å²) < 4.78 is 19.9. The van der Waals surface area contributed by atoms with Gasteiger partial charge in [-0.2, -0.15) is 0 Å². The second-order valence-electron chi connectivity index (χ2n) is 8.56. The zero-order chi connectivity index (χ0) is 29.2. The molecule has 0 aliphatic heterocycles. The number of ether oxygens (including phenoxy) is 1. The summed E-state index contributed by atoms with van der Waals surface area (Å²) in [6.45, 7) is 0. The lowest BCUT2D eigenvalue weighted by Crippen LogP contribution is -2.30. The third kappa shape index (κ3) is 8.54. The first-order chi connectivity index (χ1) is 19.8. The van der Waals surface area contributed by atoms with Crippen LogP contribution in [0.2, 0.25) is 0 Å². The van der Waals surface area contributed by atoms with Gasteiger partial charge < -0.3 is 20.7 Å². The van der Waals surface area contributed by atoms with Gasteiger partial charge >= 0.3 is 0 Å². The molecule has 4 rings (SSSR count). The van der Waals surface area contributed by atoms with E-state index in [1.54, 1.807) is 91.0 Å². The Morgan fingerprint density at radius 1 is 0.902 bits per heavy atom. The highest BCUT2D eigenvalue weighted by Gasteiger charge is 2.16. The number of halogens is 2. The minimum atomic E-state index is -0.531. The van der Waals surface area contributed by atoms with Crippen LogP contribution in [0.4, 0.5) is 15.8 Å². The molecular weight excluding hydrogens is 609 g/mol. The van der Waals surface area contributed by atoms with Crippen molar-refractivity contribution >= 4 is 62.9 Å². The van der Waals surface area contributed by atoms with E-state index in [9.17, 15) is 18.8 Å². The first kappa shape index (κ1) is 29.6. The smallest absolute Gasteiger partial charge is 0.272 e. The molecule has 0 atom stereocenters. The van der Waals surface area contributed by atoms with Gasteiger partial charge in [-0.15, -0.1) is 11.8 Å². The van der Waals surface area contributed by atoms with Crippen LogP contribution >= 0.6 is 27.7 Å². The molecule has 3 N–H and O–H groups in total. The molecule has 0 unspecified atom stereocenters. The zero-order valence-corrected chi connectivity index (χ0v) is 24.2. The lowest BCUT2D eigenvalue weighted by molar-refractivity contribution is -0.114. The second kappa shape index (κ2) is 14.3. The third-order valence-electron chi connectivity index (χ3n) is 5.65. The van der Waals surface area contributed by atoms with Crippen molar-refractivity contribution in [2.75, 3.05) is 23.5 Å². The molecule has 41 heavy (non-hydrogen) atoms. The molecule has 0 radical (unpaired) electrons. The normalized spacial score (nSPS) is 11.0. The number of hydrogen-bond acceptors (Lipinski definition) is 5. The Bertz CT molecular complexity index is 1580. The Hall–Kier alpha value is -4.41. The highest BCUT2D eigenvalue weighted by molar-refractivity contribution is 9.10. The molecule has 0 spiro atoms. The van der Waals surface area contributed by atoms with E-state index in [0.29, 0.717) is 27.0 Å². The van der Waals surface area contributed by atoms with Gasteiger partial charge in [0.15, 0.2) is 0 Å². The summed E-state index contributed by atoms with van der Waals surface area (Å²) in [4.78, 5) is 39.2. The fourth-order valence-corrected chi connectivity index (χ4v) is 4.67. The third-order valence-corrected chi connectivity index (χ3v) is 7.16. The average molecular weight is 635 g/mol. The maximum Gasteiger partial charge on any atom is 0.272 e. The highest BCUT2D eigenvalue weighted by Crippen LogP contribution is 2.24. The number of carbonyl (C=O) groups excluding carboxylic acids is 3. The van der Waals surface area contributed by atoms with Crippen LogP contribution in [-0.2, 0) is 9.59 Å². The SMILES string of the molecule is COc1ccccc1/C=C(\NC(=O)c1ccccc1)C(=O)Nc1ccc(SCC(=O)Nc2ccc(Br)cc2F)cc1. The Kier molecular flexibility index (Phi) is 10.3. The summed E-state index contributed by atoms with van der Waals surface area (Å²) in [6, 6.07) is 27.0. The average Bonchev–Trinajstić information content (AvgIpc) is 2.98. The van der Waals surface area contributed by atoms with Gasteiger partial charge in [0.2, 0.25) is 5.91 Å². The number of hydrogen-bond donors (Lipinski definition) is 3. The first-order valence-electron chi connectivity index (χ1n) is 12.3. The van der Waals surface area contributed by atoms with Gasteiger partial charge in [0, 0.05) is 26.2 Å². The molecule has 0 aromatic heterocycles. The van der Waals surface area contributed by atoms with Crippen LogP contribution in [0, 0.1) is 5.82 Å². The van der Waals surface area contributed by atoms with Crippen molar-refractivity contribution in [3.63, 3.8) is 0 Å². The molecule has 7 nitrogen and oxygen atoms in total. The fraction of sp³-hybridized carbons (Fsp3) is 0.0645. The molecule has 0 aliphatic rings. The predicted molar refractivity (Wildman–Crippen MR) is 163 cm³/mol. The largest absolute Gasteiger partial charge is 0.496 e. The lowest BCUT2D eigenvalue weighted by atomic mass is 10.1. The van der Waals surface area contributed by atoms with Crippen LogP contribution < -0.4 is 20.7 Å². The lowest BCUT2D eigenvalue weighted by Gasteiger charge is -2.13. The number of carbonyl (C=O) groups is 3. The van der Waals surface area contributed by atoms with E-state index in [1.165, 1.54) is 31.0 Å². The molecule has 3 amide bonds. The van der Waals surface area contributed by atoms with E-state index in [1.807, 2.05) is 0 Å². The molecule has 4 aromatic carbocycles. The molecule has 208 valence electrons. The van der Waals surface area contributed by atoms with Crippen LogP contribution in [0.1, 0.15) is 15.9 Å². The highest BCUT2D eigenvalue weighted by atomic mass is 79.9. The van der Waals surface area contributed by atoms with Crippen molar-refractivity contribution in [1.29, 1.82) is 0 Å². The molecule has 10 heteroatoms. The summed E-state index contributed by atoms with van der Waals surface area (Å²) in [5, 5.41) is 8.05. The summed E-state index contributed by atoms with van der Waals surface area (Å²) in [6.07, 6.45) is 1.55. The van der Waals surface area contributed by atoms with Gasteiger partial charge in [0.25, 0.3) is 11.8 Å². The van der Waals surface area contributed by atoms with Gasteiger partial charge in [-0.1, -0.05) is 52.3 Å². The Labute approximate surface area is 249 Å². The number of nitrogens with one attached hydrogen (secondary N) is 3. The molecular formula is C31H25BrFN3O4S. The number of benzene rings is 4. The number of thioether (sulfide) groups is 1. The van der Waals surface area contributed by atoms with Crippen molar-refractivity contribution < 1.29 is 23.5 Å². The minimum Gasteiger partial charge on any atom is -0.496 e. The number of rotatable bonds is 10. The molecule has 0 aliphatic carbocycles. The van der Waals surface area contributed by atoms with Crippen LogP contribution in [0.25, 0.3) is 6.08 Å². The first-order valence-corrected chi connectivity index (χ1v) is 14.1. The van der Waals surface area contributed by atoms with Crippen LogP contribution in [0.3, 0.4) is 0 Å². The van der Waals surface area contributed by atoms with Crippen molar-refractivity contribution in [3.8, 4) is 5.75 Å². The van der Waals surface area contributed by atoms with Gasteiger partial charge in [0.1, 0.15) is 17.3 Å². The molecule has 0 fully saturated rings. The quantitative estimate of drug-likeness (QED) is 0.133. The molecule has 0 saturated heterocycles. The topological polar surface area (TPSA) is 96.5 Å². The Balaban J connectivity index is 1.42. The van der Waals surface area contributed by atoms with Gasteiger partial charge in [0.05, 0.1) is 18.6 Å². The number of para-hydroxylation sites is 1. The summed E-state index contributed by atoms with van der Waals surface area (Å²) in [7, 11) is 1.53. The number of methoxy groups -OCH3 is 1. The van der Waals surface area contributed by atoms with E-state index >= 15 is 0 Å². The van der Waals surface area contributed by atoms with Gasteiger partial charge in [-0.3, -0.25) is 14.4 Å². The van der Waals surface area contributed by atoms with E-state index in [0.717, 1.165) is 4.90 Å².